The van der Waals surface area contributed by atoms with Crippen LogP contribution in [0.1, 0.15) is 38.1 Å². The molecule has 1 atom stereocenters. The van der Waals surface area contributed by atoms with Crippen molar-refractivity contribution in [3.05, 3.63) is 23.5 Å². The zero-order chi connectivity index (χ0) is 17.3. The smallest absolute Gasteiger partial charge is 0.227 e. The highest BCUT2D eigenvalue weighted by atomic mass is 16.2. The SMILES string of the molecule is CCN(CC)C(=O)[C@@H]1CCCN(c2cc(C)nc3cc(C)nn23)C1. The molecule has 1 aliphatic heterocycles. The van der Waals surface area contributed by atoms with Gasteiger partial charge >= 0.3 is 0 Å². The Morgan fingerprint density at radius 2 is 2.00 bits per heavy atom. The third-order valence-electron chi connectivity index (χ3n) is 4.83. The van der Waals surface area contributed by atoms with Gasteiger partial charge in [-0.05, 0) is 40.5 Å². The molecule has 0 aromatic carbocycles. The number of aryl methyl sites for hydroxylation is 2. The molecule has 130 valence electrons. The molecular formula is C18H27N5O. The first-order valence-electron chi connectivity index (χ1n) is 8.91. The number of carbonyl (C=O) groups excluding carboxylic acids is 1. The van der Waals surface area contributed by atoms with Crippen molar-refractivity contribution in [2.45, 2.75) is 40.5 Å². The summed E-state index contributed by atoms with van der Waals surface area (Å²) in [6.45, 7) is 11.4. The van der Waals surface area contributed by atoms with E-state index in [9.17, 15) is 4.79 Å². The first-order valence-corrected chi connectivity index (χ1v) is 8.91. The van der Waals surface area contributed by atoms with E-state index >= 15 is 0 Å². The maximum absolute atomic E-state index is 12.7. The maximum atomic E-state index is 12.7. The lowest BCUT2D eigenvalue weighted by molar-refractivity contribution is -0.135. The Labute approximate surface area is 143 Å². The van der Waals surface area contributed by atoms with E-state index in [1.807, 2.05) is 43.2 Å². The first-order chi connectivity index (χ1) is 11.5. The molecule has 0 aliphatic carbocycles. The summed E-state index contributed by atoms with van der Waals surface area (Å²) in [7, 11) is 0. The van der Waals surface area contributed by atoms with Crippen LogP contribution < -0.4 is 4.90 Å². The van der Waals surface area contributed by atoms with Crippen molar-refractivity contribution < 1.29 is 4.79 Å². The van der Waals surface area contributed by atoms with Gasteiger partial charge < -0.3 is 9.80 Å². The Morgan fingerprint density at radius 1 is 1.25 bits per heavy atom. The van der Waals surface area contributed by atoms with E-state index in [-0.39, 0.29) is 11.8 Å². The van der Waals surface area contributed by atoms with Gasteiger partial charge in [-0.15, -0.1) is 0 Å². The first kappa shape index (κ1) is 16.7. The fraction of sp³-hybridized carbons (Fsp3) is 0.611. The van der Waals surface area contributed by atoms with E-state index in [4.69, 9.17) is 0 Å². The van der Waals surface area contributed by atoms with Crippen LogP contribution in [0.5, 0.6) is 0 Å². The van der Waals surface area contributed by atoms with Crippen molar-refractivity contribution in [3.63, 3.8) is 0 Å². The van der Waals surface area contributed by atoms with E-state index in [1.54, 1.807) is 0 Å². The number of amides is 1. The summed E-state index contributed by atoms with van der Waals surface area (Å²) in [5.41, 5.74) is 2.82. The standard InChI is InChI=1S/C18H27N5O/c1-5-21(6-2)18(24)15-8-7-9-22(12-15)17-11-13(3)19-16-10-14(4)20-23(16)17/h10-11,15H,5-9,12H2,1-4H3/t15-/m1/s1. The molecule has 0 unspecified atom stereocenters. The molecule has 0 radical (unpaired) electrons. The Hall–Kier alpha value is -2.11. The summed E-state index contributed by atoms with van der Waals surface area (Å²) >= 11 is 0. The van der Waals surface area contributed by atoms with Crippen LogP contribution in [0.15, 0.2) is 12.1 Å². The van der Waals surface area contributed by atoms with Crippen molar-refractivity contribution >= 4 is 17.4 Å². The Bertz CT molecular complexity index is 734. The van der Waals surface area contributed by atoms with Gasteiger partial charge in [-0.2, -0.15) is 9.61 Å². The van der Waals surface area contributed by atoms with Gasteiger partial charge in [-0.1, -0.05) is 0 Å². The lowest BCUT2D eigenvalue weighted by Crippen LogP contribution is -2.45. The fourth-order valence-electron chi connectivity index (χ4n) is 3.60. The minimum Gasteiger partial charge on any atom is -0.356 e. The molecule has 24 heavy (non-hydrogen) atoms. The van der Waals surface area contributed by atoms with Crippen LogP contribution in [-0.2, 0) is 4.79 Å². The van der Waals surface area contributed by atoms with E-state index in [0.717, 1.165) is 61.9 Å². The second-order valence-electron chi connectivity index (χ2n) is 6.61. The molecule has 0 N–H and O–H groups in total. The molecule has 1 saturated heterocycles. The van der Waals surface area contributed by atoms with E-state index in [0.29, 0.717) is 0 Å². The summed E-state index contributed by atoms with van der Waals surface area (Å²) in [6, 6.07) is 4.07. The molecule has 1 aliphatic rings. The van der Waals surface area contributed by atoms with Crippen LogP contribution in [0.4, 0.5) is 5.82 Å². The molecule has 1 fully saturated rings. The number of piperidine rings is 1. The van der Waals surface area contributed by atoms with Crippen LogP contribution >= 0.6 is 0 Å². The van der Waals surface area contributed by atoms with Crippen molar-refractivity contribution in [1.29, 1.82) is 0 Å². The maximum Gasteiger partial charge on any atom is 0.227 e. The number of anilines is 1. The van der Waals surface area contributed by atoms with Crippen molar-refractivity contribution in [2.24, 2.45) is 5.92 Å². The number of carbonyl (C=O) groups is 1. The van der Waals surface area contributed by atoms with Gasteiger partial charge in [-0.25, -0.2) is 4.98 Å². The number of hydrogen-bond donors (Lipinski definition) is 0. The van der Waals surface area contributed by atoms with Crippen LogP contribution in [0.2, 0.25) is 0 Å². The number of aromatic nitrogens is 3. The molecule has 6 nitrogen and oxygen atoms in total. The molecule has 0 saturated carbocycles. The Morgan fingerprint density at radius 3 is 2.71 bits per heavy atom. The lowest BCUT2D eigenvalue weighted by atomic mass is 9.96. The monoisotopic (exact) mass is 329 g/mol. The molecule has 2 aromatic heterocycles. The van der Waals surface area contributed by atoms with Crippen LogP contribution in [0.25, 0.3) is 5.65 Å². The van der Waals surface area contributed by atoms with Gasteiger partial charge in [0.05, 0.1) is 11.6 Å². The number of rotatable bonds is 4. The largest absolute Gasteiger partial charge is 0.356 e. The van der Waals surface area contributed by atoms with E-state index < -0.39 is 0 Å². The van der Waals surface area contributed by atoms with Crippen LogP contribution in [0, 0.1) is 19.8 Å². The van der Waals surface area contributed by atoms with Crippen molar-refractivity contribution in [2.75, 3.05) is 31.1 Å². The average molecular weight is 329 g/mol. The summed E-state index contributed by atoms with van der Waals surface area (Å²) in [4.78, 5) is 21.5. The number of hydrogen-bond acceptors (Lipinski definition) is 4. The topological polar surface area (TPSA) is 53.7 Å². The quantitative estimate of drug-likeness (QED) is 0.864. The van der Waals surface area contributed by atoms with Gasteiger partial charge in [0.2, 0.25) is 5.91 Å². The zero-order valence-electron chi connectivity index (χ0n) is 15.1. The molecule has 1 amide bonds. The minimum absolute atomic E-state index is 0.0684. The fourth-order valence-corrected chi connectivity index (χ4v) is 3.60. The van der Waals surface area contributed by atoms with Crippen molar-refractivity contribution in [1.82, 2.24) is 19.5 Å². The summed E-state index contributed by atoms with van der Waals surface area (Å²) < 4.78 is 1.91. The van der Waals surface area contributed by atoms with Crippen molar-refractivity contribution in [3.8, 4) is 0 Å². The summed E-state index contributed by atoms with van der Waals surface area (Å²) in [5.74, 6) is 1.39. The highest BCUT2D eigenvalue weighted by Gasteiger charge is 2.29. The highest BCUT2D eigenvalue weighted by Crippen LogP contribution is 2.25. The summed E-state index contributed by atoms with van der Waals surface area (Å²) in [5, 5.41) is 4.58. The average Bonchev–Trinajstić information content (AvgIpc) is 2.95. The second-order valence-corrected chi connectivity index (χ2v) is 6.61. The van der Waals surface area contributed by atoms with Gasteiger partial charge in [0.15, 0.2) is 5.65 Å². The number of nitrogens with zero attached hydrogens (tertiary/aromatic N) is 5. The zero-order valence-corrected chi connectivity index (χ0v) is 15.1. The molecule has 0 bridgehead atoms. The van der Waals surface area contributed by atoms with E-state index in [1.165, 1.54) is 0 Å². The van der Waals surface area contributed by atoms with Gasteiger partial charge in [0.25, 0.3) is 0 Å². The summed E-state index contributed by atoms with van der Waals surface area (Å²) in [6.07, 6.45) is 2.00. The molecular weight excluding hydrogens is 302 g/mol. The Kier molecular flexibility index (Phi) is 4.73. The Balaban J connectivity index is 1.89. The molecule has 3 rings (SSSR count). The van der Waals surface area contributed by atoms with Gasteiger partial charge in [-0.3, -0.25) is 4.79 Å². The molecule has 3 heterocycles. The normalized spacial score (nSPS) is 18.2. The minimum atomic E-state index is 0.0684. The molecule has 0 spiro atoms. The van der Waals surface area contributed by atoms with Crippen LogP contribution in [-0.4, -0.2) is 51.6 Å². The van der Waals surface area contributed by atoms with Gasteiger partial charge in [0, 0.05) is 44.0 Å². The van der Waals surface area contributed by atoms with Crippen LogP contribution in [0.3, 0.4) is 0 Å². The van der Waals surface area contributed by atoms with E-state index in [2.05, 4.69) is 21.0 Å². The number of fused-ring (bicyclic) bond motifs is 1. The lowest BCUT2D eigenvalue weighted by Gasteiger charge is -2.35. The third-order valence-corrected chi connectivity index (χ3v) is 4.83. The molecule has 2 aromatic rings. The second kappa shape index (κ2) is 6.79. The third kappa shape index (κ3) is 3.09. The predicted molar refractivity (Wildman–Crippen MR) is 95.3 cm³/mol. The van der Waals surface area contributed by atoms with Gasteiger partial charge in [0.1, 0.15) is 5.82 Å². The predicted octanol–water partition coefficient (Wildman–Crippen LogP) is 2.43. The highest BCUT2D eigenvalue weighted by molar-refractivity contribution is 5.79. The molecule has 6 heteroatoms.